The molecule has 5 heteroatoms. The van der Waals surface area contributed by atoms with E-state index in [1.54, 1.807) is 6.07 Å². The lowest BCUT2D eigenvalue weighted by atomic mass is 10.0. The molecule has 0 radical (unpaired) electrons. The fraction of sp³-hybridized carbons (Fsp3) is 0.188. The molecule has 0 saturated heterocycles. The van der Waals surface area contributed by atoms with Gasteiger partial charge in [0.05, 0.1) is 11.3 Å². The number of hydrogen-bond acceptors (Lipinski definition) is 1. The minimum Gasteiger partial charge on any atom is -0.306 e. The summed E-state index contributed by atoms with van der Waals surface area (Å²) < 4.78 is 40.4. The molecule has 0 spiro atoms. The van der Waals surface area contributed by atoms with Gasteiger partial charge >= 0.3 is 6.18 Å². The monoisotopic (exact) mass is 290 g/mol. The molecule has 2 nitrogen and oxygen atoms in total. The predicted octanol–water partition coefficient (Wildman–Crippen LogP) is 4.64. The fourth-order valence-electron chi connectivity index (χ4n) is 2.44. The van der Waals surface area contributed by atoms with Crippen molar-refractivity contribution in [2.75, 3.05) is 0 Å². The molecule has 2 aromatic heterocycles. The van der Waals surface area contributed by atoms with Gasteiger partial charge in [-0.15, -0.1) is 0 Å². The Kier molecular flexibility index (Phi) is 3.01. The first-order valence-corrected chi connectivity index (χ1v) is 6.48. The van der Waals surface area contributed by atoms with Gasteiger partial charge in [0.2, 0.25) is 0 Å². The number of imidazole rings is 1. The minimum absolute atomic E-state index is 0.518. The summed E-state index contributed by atoms with van der Waals surface area (Å²) in [6.07, 6.45) is -0.576. The van der Waals surface area contributed by atoms with Crippen LogP contribution in [0.3, 0.4) is 0 Å². The molecule has 0 unspecified atom stereocenters. The lowest BCUT2D eigenvalue weighted by Gasteiger charge is -2.10. The quantitative estimate of drug-likeness (QED) is 0.638. The zero-order valence-corrected chi connectivity index (χ0v) is 11.6. The Morgan fingerprint density at radius 2 is 1.81 bits per heavy atom. The van der Waals surface area contributed by atoms with Gasteiger partial charge in [0, 0.05) is 18.0 Å². The highest BCUT2D eigenvalue weighted by atomic mass is 19.4. The maximum atomic E-state index is 12.9. The number of rotatable bonds is 1. The normalized spacial score (nSPS) is 12.0. The van der Waals surface area contributed by atoms with Crippen molar-refractivity contribution in [1.82, 2.24) is 9.38 Å². The number of nitrogens with zero attached hydrogens (tertiary/aromatic N) is 2. The summed E-state index contributed by atoms with van der Waals surface area (Å²) >= 11 is 0. The second kappa shape index (κ2) is 4.62. The number of halogens is 3. The van der Waals surface area contributed by atoms with Crippen molar-refractivity contribution in [2.45, 2.75) is 20.0 Å². The van der Waals surface area contributed by atoms with Gasteiger partial charge in [-0.25, -0.2) is 4.98 Å². The zero-order chi connectivity index (χ0) is 15.2. The van der Waals surface area contributed by atoms with Crippen molar-refractivity contribution in [3.8, 4) is 11.1 Å². The number of pyridine rings is 1. The molecule has 3 aromatic rings. The molecule has 0 bridgehead atoms. The molecule has 0 aliphatic carbocycles. The maximum Gasteiger partial charge on any atom is 0.416 e. The summed E-state index contributed by atoms with van der Waals surface area (Å²) in [5.41, 5.74) is 3.03. The third-order valence-corrected chi connectivity index (χ3v) is 3.31. The smallest absolute Gasteiger partial charge is 0.306 e. The topological polar surface area (TPSA) is 17.3 Å². The summed E-state index contributed by atoms with van der Waals surface area (Å²) in [5.74, 6) is 0. The van der Waals surface area contributed by atoms with Crippen LogP contribution in [0.15, 0.2) is 42.7 Å². The van der Waals surface area contributed by atoms with Crippen molar-refractivity contribution in [1.29, 1.82) is 0 Å². The number of hydrogen-bond donors (Lipinski definition) is 0. The summed E-state index contributed by atoms with van der Waals surface area (Å²) in [6.45, 7) is 3.77. The van der Waals surface area contributed by atoms with Crippen LogP contribution in [-0.4, -0.2) is 9.38 Å². The number of alkyl halides is 3. The van der Waals surface area contributed by atoms with Gasteiger partial charge in [-0.05, 0) is 43.2 Å². The van der Waals surface area contributed by atoms with Crippen LogP contribution >= 0.6 is 0 Å². The van der Waals surface area contributed by atoms with E-state index in [0.29, 0.717) is 16.8 Å². The van der Waals surface area contributed by atoms with Gasteiger partial charge < -0.3 is 4.40 Å². The van der Waals surface area contributed by atoms with Crippen molar-refractivity contribution in [2.24, 2.45) is 0 Å². The molecule has 0 saturated carbocycles. The Hall–Kier alpha value is -2.30. The van der Waals surface area contributed by atoms with Crippen LogP contribution in [0.5, 0.6) is 0 Å². The standard InChI is InChI=1S/C16H13F3N2/c1-10-6-14(15-20-11(2)9-21(15)8-10)12-4-3-5-13(7-12)16(17,18)19/h3-9H,1-2H3. The van der Waals surface area contributed by atoms with Gasteiger partial charge in [-0.2, -0.15) is 13.2 Å². The number of fused-ring (bicyclic) bond motifs is 1. The van der Waals surface area contributed by atoms with Crippen LogP contribution < -0.4 is 0 Å². The molecule has 1 aromatic carbocycles. The Bertz CT molecular complexity index is 816. The number of aryl methyl sites for hydroxylation is 2. The van der Waals surface area contributed by atoms with Crippen molar-refractivity contribution in [3.05, 3.63) is 59.5 Å². The van der Waals surface area contributed by atoms with Crippen molar-refractivity contribution < 1.29 is 13.2 Å². The summed E-state index contributed by atoms with van der Waals surface area (Å²) in [4.78, 5) is 4.40. The van der Waals surface area contributed by atoms with Crippen LogP contribution in [0.25, 0.3) is 16.8 Å². The second-order valence-corrected chi connectivity index (χ2v) is 5.12. The maximum absolute atomic E-state index is 12.9. The van der Waals surface area contributed by atoms with Crippen LogP contribution in [0.1, 0.15) is 16.8 Å². The first-order chi connectivity index (χ1) is 9.84. The van der Waals surface area contributed by atoms with Crippen LogP contribution in [-0.2, 0) is 6.18 Å². The first kappa shape index (κ1) is 13.7. The van der Waals surface area contributed by atoms with Crippen molar-refractivity contribution >= 4 is 5.65 Å². The molecule has 0 aliphatic heterocycles. The zero-order valence-electron chi connectivity index (χ0n) is 11.6. The van der Waals surface area contributed by atoms with Gasteiger partial charge in [0.15, 0.2) is 0 Å². The van der Waals surface area contributed by atoms with Gasteiger partial charge in [-0.3, -0.25) is 0 Å². The summed E-state index contributed by atoms with van der Waals surface area (Å²) in [5, 5.41) is 0. The molecular formula is C16H13F3N2. The van der Waals surface area contributed by atoms with E-state index >= 15 is 0 Å². The number of aromatic nitrogens is 2. The van der Waals surface area contributed by atoms with E-state index in [2.05, 4.69) is 4.98 Å². The second-order valence-electron chi connectivity index (χ2n) is 5.12. The van der Waals surface area contributed by atoms with Crippen LogP contribution in [0.4, 0.5) is 13.2 Å². The highest BCUT2D eigenvalue weighted by Crippen LogP contribution is 2.33. The molecule has 0 amide bonds. The van der Waals surface area contributed by atoms with E-state index in [-0.39, 0.29) is 0 Å². The Balaban J connectivity index is 2.25. The average Bonchev–Trinajstić information content (AvgIpc) is 2.77. The van der Waals surface area contributed by atoms with Gasteiger partial charge in [0.25, 0.3) is 0 Å². The fourth-order valence-corrected chi connectivity index (χ4v) is 2.44. The van der Waals surface area contributed by atoms with Gasteiger partial charge in [0.1, 0.15) is 5.65 Å². The Morgan fingerprint density at radius 1 is 1.05 bits per heavy atom. The molecule has 0 fully saturated rings. The molecular weight excluding hydrogens is 277 g/mol. The molecule has 0 aliphatic rings. The third-order valence-electron chi connectivity index (χ3n) is 3.31. The van der Waals surface area contributed by atoms with Crippen LogP contribution in [0.2, 0.25) is 0 Å². The van der Waals surface area contributed by atoms with E-state index in [0.717, 1.165) is 17.3 Å². The molecule has 0 N–H and O–H groups in total. The minimum atomic E-state index is -4.35. The Labute approximate surface area is 119 Å². The van der Waals surface area contributed by atoms with Crippen LogP contribution in [0, 0.1) is 13.8 Å². The summed E-state index contributed by atoms with van der Waals surface area (Å²) in [6, 6.07) is 7.20. The van der Waals surface area contributed by atoms with E-state index < -0.39 is 11.7 Å². The molecule has 0 atom stereocenters. The molecule has 3 rings (SSSR count). The van der Waals surface area contributed by atoms with E-state index in [9.17, 15) is 13.2 Å². The highest BCUT2D eigenvalue weighted by molar-refractivity contribution is 5.78. The summed E-state index contributed by atoms with van der Waals surface area (Å²) in [7, 11) is 0. The van der Waals surface area contributed by atoms with E-state index in [1.807, 2.05) is 36.7 Å². The predicted molar refractivity (Wildman–Crippen MR) is 75.1 cm³/mol. The molecule has 2 heterocycles. The third kappa shape index (κ3) is 2.51. The molecule has 21 heavy (non-hydrogen) atoms. The van der Waals surface area contributed by atoms with E-state index in [4.69, 9.17) is 0 Å². The van der Waals surface area contributed by atoms with Gasteiger partial charge in [-0.1, -0.05) is 12.1 Å². The lowest BCUT2D eigenvalue weighted by Crippen LogP contribution is -2.04. The Morgan fingerprint density at radius 3 is 2.52 bits per heavy atom. The SMILES string of the molecule is Cc1cc(-c2cccc(C(F)(F)F)c2)c2nc(C)cn2c1. The largest absolute Gasteiger partial charge is 0.416 e. The lowest BCUT2D eigenvalue weighted by molar-refractivity contribution is -0.137. The average molecular weight is 290 g/mol. The number of benzene rings is 1. The molecule has 108 valence electrons. The first-order valence-electron chi connectivity index (χ1n) is 6.48. The van der Waals surface area contributed by atoms with Crippen molar-refractivity contribution in [3.63, 3.8) is 0 Å². The van der Waals surface area contributed by atoms with E-state index in [1.165, 1.54) is 12.1 Å². The highest BCUT2D eigenvalue weighted by Gasteiger charge is 2.30.